The normalized spacial score (nSPS) is 29.2. The van der Waals surface area contributed by atoms with E-state index >= 15 is 0 Å². The summed E-state index contributed by atoms with van der Waals surface area (Å²) >= 11 is 0. The third-order valence-corrected chi connectivity index (χ3v) is 2.40. The molecule has 1 aliphatic heterocycles. The van der Waals surface area contributed by atoms with Gasteiger partial charge >= 0.3 is 0 Å². The molecule has 66 valence electrons. The smallest absolute Gasteiger partial charge is 0.0710 e. The summed E-state index contributed by atoms with van der Waals surface area (Å²) in [4.78, 5) is 2.26. The fourth-order valence-electron chi connectivity index (χ4n) is 1.46. The van der Waals surface area contributed by atoms with Crippen LogP contribution in [0, 0.1) is 0 Å². The summed E-state index contributed by atoms with van der Waals surface area (Å²) in [5.74, 6) is 0. The van der Waals surface area contributed by atoms with Crippen LogP contribution in [0.1, 0.15) is 13.3 Å². The molecular formula is C8H17NO2. The number of methoxy groups -OCH3 is 1. The molecule has 0 unspecified atom stereocenters. The summed E-state index contributed by atoms with van der Waals surface area (Å²) in [7, 11) is 1.75. The van der Waals surface area contributed by atoms with Gasteiger partial charge < -0.3 is 9.84 Å². The molecule has 1 fully saturated rings. The molecule has 3 heteroatoms. The van der Waals surface area contributed by atoms with Gasteiger partial charge in [-0.05, 0) is 13.3 Å². The van der Waals surface area contributed by atoms with Gasteiger partial charge in [0.05, 0.1) is 12.7 Å². The van der Waals surface area contributed by atoms with Gasteiger partial charge in [0.25, 0.3) is 0 Å². The second kappa shape index (κ2) is 4.04. The van der Waals surface area contributed by atoms with E-state index in [1.165, 1.54) is 0 Å². The Morgan fingerprint density at radius 3 is 2.91 bits per heavy atom. The van der Waals surface area contributed by atoms with E-state index in [4.69, 9.17) is 9.84 Å². The van der Waals surface area contributed by atoms with Gasteiger partial charge in [0.15, 0.2) is 0 Å². The Labute approximate surface area is 68.0 Å². The van der Waals surface area contributed by atoms with Crippen molar-refractivity contribution in [2.24, 2.45) is 0 Å². The van der Waals surface area contributed by atoms with E-state index in [1.807, 2.05) is 6.92 Å². The minimum absolute atomic E-state index is 0.246. The number of aliphatic hydroxyl groups is 1. The van der Waals surface area contributed by atoms with Gasteiger partial charge in [-0.25, -0.2) is 0 Å². The molecule has 1 saturated heterocycles. The Balaban J connectivity index is 2.29. The highest BCUT2D eigenvalue weighted by molar-refractivity contribution is 4.79. The Morgan fingerprint density at radius 1 is 1.73 bits per heavy atom. The largest absolute Gasteiger partial charge is 0.395 e. The molecule has 3 nitrogen and oxygen atoms in total. The zero-order chi connectivity index (χ0) is 8.27. The minimum atomic E-state index is 0.246. The van der Waals surface area contributed by atoms with E-state index in [-0.39, 0.29) is 12.6 Å². The van der Waals surface area contributed by atoms with Crippen LogP contribution in [-0.2, 0) is 4.74 Å². The van der Waals surface area contributed by atoms with Crippen LogP contribution in [0.25, 0.3) is 0 Å². The van der Waals surface area contributed by atoms with Crippen LogP contribution in [0.5, 0.6) is 0 Å². The van der Waals surface area contributed by atoms with Crippen LogP contribution in [-0.4, -0.2) is 49.0 Å². The van der Waals surface area contributed by atoms with Crippen molar-refractivity contribution in [2.45, 2.75) is 25.5 Å². The van der Waals surface area contributed by atoms with Crippen LogP contribution in [0.15, 0.2) is 0 Å². The highest BCUT2D eigenvalue weighted by atomic mass is 16.5. The van der Waals surface area contributed by atoms with Gasteiger partial charge in [-0.15, -0.1) is 0 Å². The van der Waals surface area contributed by atoms with Gasteiger partial charge in [-0.2, -0.15) is 0 Å². The molecule has 0 bridgehead atoms. The molecular weight excluding hydrogens is 142 g/mol. The van der Waals surface area contributed by atoms with E-state index in [9.17, 15) is 0 Å². The van der Waals surface area contributed by atoms with Crippen molar-refractivity contribution in [3.05, 3.63) is 0 Å². The molecule has 0 aromatic carbocycles. The molecule has 0 spiro atoms. The van der Waals surface area contributed by atoms with Crippen LogP contribution >= 0.6 is 0 Å². The molecule has 0 aromatic heterocycles. The molecule has 1 heterocycles. The first kappa shape index (κ1) is 8.97. The van der Waals surface area contributed by atoms with E-state index < -0.39 is 0 Å². The quantitative estimate of drug-likeness (QED) is 0.633. The first-order valence-electron chi connectivity index (χ1n) is 4.15. The van der Waals surface area contributed by atoms with Crippen LogP contribution in [0.2, 0.25) is 0 Å². The molecule has 11 heavy (non-hydrogen) atoms. The summed E-state index contributed by atoms with van der Waals surface area (Å²) in [5, 5.41) is 8.87. The zero-order valence-electron chi connectivity index (χ0n) is 7.29. The van der Waals surface area contributed by atoms with E-state index in [0.717, 1.165) is 19.5 Å². The molecule has 0 aliphatic carbocycles. The summed E-state index contributed by atoms with van der Waals surface area (Å²) < 4.78 is 5.21. The van der Waals surface area contributed by atoms with Crippen molar-refractivity contribution in [2.75, 3.05) is 26.8 Å². The average Bonchev–Trinajstić information content (AvgIpc) is 2.50. The summed E-state index contributed by atoms with van der Waals surface area (Å²) in [6, 6.07) is 0.287. The molecule has 0 amide bonds. The third-order valence-electron chi connectivity index (χ3n) is 2.40. The van der Waals surface area contributed by atoms with Gasteiger partial charge in [0, 0.05) is 26.2 Å². The highest BCUT2D eigenvalue weighted by Crippen LogP contribution is 2.14. The lowest BCUT2D eigenvalue weighted by Gasteiger charge is -2.21. The minimum Gasteiger partial charge on any atom is -0.395 e. The van der Waals surface area contributed by atoms with Crippen molar-refractivity contribution in [1.29, 1.82) is 0 Å². The number of ether oxygens (including phenoxy) is 1. The molecule has 0 radical (unpaired) electrons. The SMILES string of the molecule is CO[C@@H]1CCN([C@@H](C)CO)C1. The second-order valence-corrected chi connectivity index (χ2v) is 3.17. The lowest BCUT2D eigenvalue weighted by molar-refractivity contribution is 0.0925. The summed E-state index contributed by atoms with van der Waals surface area (Å²) in [5.41, 5.74) is 0. The Bertz CT molecular complexity index is 119. The molecule has 1 N–H and O–H groups in total. The summed E-state index contributed by atoms with van der Waals surface area (Å²) in [6.07, 6.45) is 1.48. The van der Waals surface area contributed by atoms with Gasteiger partial charge in [0.1, 0.15) is 0 Å². The number of rotatable bonds is 3. The predicted molar refractivity (Wildman–Crippen MR) is 43.5 cm³/mol. The predicted octanol–water partition coefficient (Wildman–Crippen LogP) is 0.0879. The van der Waals surface area contributed by atoms with Gasteiger partial charge in [-0.3, -0.25) is 4.90 Å². The number of hydrogen-bond acceptors (Lipinski definition) is 3. The molecule has 0 saturated carbocycles. The van der Waals surface area contributed by atoms with Crippen molar-refractivity contribution in [3.8, 4) is 0 Å². The van der Waals surface area contributed by atoms with E-state index in [0.29, 0.717) is 6.10 Å². The lowest BCUT2D eigenvalue weighted by Crippen LogP contribution is -2.34. The first-order valence-corrected chi connectivity index (χ1v) is 4.15. The molecule has 2 atom stereocenters. The van der Waals surface area contributed by atoms with Gasteiger partial charge in [-0.1, -0.05) is 0 Å². The Kier molecular flexibility index (Phi) is 3.30. The topological polar surface area (TPSA) is 32.7 Å². The van der Waals surface area contributed by atoms with E-state index in [2.05, 4.69) is 4.90 Å². The van der Waals surface area contributed by atoms with Gasteiger partial charge in [0.2, 0.25) is 0 Å². The maximum Gasteiger partial charge on any atom is 0.0710 e. The fourth-order valence-corrected chi connectivity index (χ4v) is 1.46. The number of hydrogen-bond donors (Lipinski definition) is 1. The second-order valence-electron chi connectivity index (χ2n) is 3.17. The molecule has 1 rings (SSSR count). The standard InChI is InChI=1S/C8H17NO2/c1-7(6-10)9-4-3-8(5-9)11-2/h7-8,10H,3-6H2,1-2H3/t7-,8+/m0/s1. The fraction of sp³-hybridized carbons (Fsp3) is 1.00. The monoisotopic (exact) mass is 159 g/mol. The zero-order valence-corrected chi connectivity index (χ0v) is 7.29. The van der Waals surface area contributed by atoms with Crippen molar-refractivity contribution in [1.82, 2.24) is 4.90 Å². The maximum atomic E-state index is 8.87. The van der Waals surface area contributed by atoms with Crippen LogP contribution < -0.4 is 0 Å². The summed E-state index contributed by atoms with van der Waals surface area (Å²) in [6.45, 7) is 4.31. The molecule has 1 aliphatic rings. The van der Waals surface area contributed by atoms with Crippen molar-refractivity contribution in [3.63, 3.8) is 0 Å². The number of nitrogens with zero attached hydrogens (tertiary/aromatic N) is 1. The van der Waals surface area contributed by atoms with E-state index in [1.54, 1.807) is 7.11 Å². The number of aliphatic hydroxyl groups excluding tert-OH is 1. The molecule has 0 aromatic rings. The highest BCUT2D eigenvalue weighted by Gasteiger charge is 2.24. The van der Waals surface area contributed by atoms with Crippen molar-refractivity contribution < 1.29 is 9.84 Å². The maximum absolute atomic E-state index is 8.87. The van der Waals surface area contributed by atoms with Crippen LogP contribution in [0.4, 0.5) is 0 Å². The average molecular weight is 159 g/mol. The first-order chi connectivity index (χ1) is 5.27. The van der Waals surface area contributed by atoms with Crippen molar-refractivity contribution >= 4 is 0 Å². The van der Waals surface area contributed by atoms with Crippen LogP contribution in [0.3, 0.4) is 0 Å². The number of likely N-dealkylation sites (tertiary alicyclic amines) is 1. The Hall–Kier alpha value is -0.120. The Morgan fingerprint density at radius 2 is 2.45 bits per heavy atom. The lowest BCUT2D eigenvalue weighted by atomic mass is 10.3. The third kappa shape index (κ3) is 2.15.